The van der Waals surface area contributed by atoms with E-state index in [1.165, 1.54) is 11.9 Å². The Morgan fingerprint density at radius 2 is 1.96 bits per heavy atom. The number of imide groups is 1. The number of likely N-dealkylation sites (tertiary alicyclic amines) is 1. The van der Waals surface area contributed by atoms with Crippen LogP contribution in [0.3, 0.4) is 0 Å². The molecule has 3 fully saturated rings. The summed E-state index contributed by atoms with van der Waals surface area (Å²) < 4.78 is 6.13. The van der Waals surface area contributed by atoms with E-state index in [-0.39, 0.29) is 29.4 Å². The number of hydrogen-bond donors (Lipinski definition) is 2. The monoisotopic (exact) mass is 359 g/mol. The molecule has 0 spiro atoms. The predicted octanol–water partition coefficient (Wildman–Crippen LogP) is 2.21. The van der Waals surface area contributed by atoms with Gasteiger partial charge in [-0.2, -0.15) is 0 Å². The van der Waals surface area contributed by atoms with E-state index in [9.17, 15) is 19.8 Å². The van der Waals surface area contributed by atoms with E-state index < -0.39 is 23.7 Å². The summed E-state index contributed by atoms with van der Waals surface area (Å²) in [5.74, 6) is -3.24. The average molecular weight is 359 g/mol. The molecule has 2 saturated heterocycles. The van der Waals surface area contributed by atoms with Gasteiger partial charge in [0, 0.05) is 24.4 Å². The Kier molecular flexibility index (Phi) is 4.08. The molecule has 0 bridgehead atoms. The van der Waals surface area contributed by atoms with Crippen molar-refractivity contribution in [3.8, 4) is 5.75 Å². The second-order valence-electron chi connectivity index (χ2n) is 7.85. The molecule has 4 rings (SSSR count). The van der Waals surface area contributed by atoms with Crippen molar-refractivity contribution in [2.24, 2.45) is 23.7 Å². The smallest absolute Gasteiger partial charge is 0.233 e. The lowest BCUT2D eigenvalue weighted by Crippen LogP contribution is -2.53. The Labute approximate surface area is 152 Å². The molecule has 6 heteroatoms. The predicted molar refractivity (Wildman–Crippen MR) is 92.8 cm³/mol. The minimum Gasteiger partial charge on any atom is -0.508 e. The maximum atomic E-state index is 12.7. The molecule has 1 aromatic rings. The summed E-state index contributed by atoms with van der Waals surface area (Å²) in [7, 11) is 1.52. The molecule has 3 aliphatic rings. The molecule has 1 aliphatic carbocycles. The molecule has 0 radical (unpaired) electrons. The summed E-state index contributed by atoms with van der Waals surface area (Å²) in [5, 5.41) is 21.7. The summed E-state index contributed by atoms with van der Waals surface area (Å²) in [5.41, 5.74) is 0.618. The topological polar surface area (TPSA) is 87.1 Å². The molecule has 2 heterocycles. The third-order valence-corrected chi connectivity index (χ3v) is 6.50. The number of amides is 2. The molecule has 6 nitrogen and oxygen atoms in total. The van der Waals surface area contributed by atoms with Crippen LogP contribution >= 0.6 is 0 Å². The summed E-state index contributed by atoms with van der Waals surface area (Å²) in [6.45, 7) is 2.04. The minimum atomic E-state index is -1.44. The van der Waals surface area contributed by atoms with Crippen LogP contribution in [0.4, 0.5) is 0 Å². The van der Waals surface area contributed by atoms with Crippen molar-refractivity contribution in [1.29, 1.82) is 0 Å². The number of aliphatic hydroxyl groups is 1. The van der Waals surface area contributed by atoms with Crippen molar-refractivity contribution in [1.82, 2.24) is 4.90 Å². The zero-order valence-corrected chi connectivity index (χ0v) is 15.1. The Morgan fingerprint density at radius 1 is 1.23 bits per heavy atom. The number of aromatic hydroxyl groups is 1. The summed E-state index contributed by atoms with van der Waals surface area (Å²) >= 11 is 0. The van der Waals surface area contributed by atoms with Gasteiger partial charge in [-0.05, 0) is 25.3 Å². The van der Waals surface area contributed by atoms with E-state index in [0.29, 0.717) is 18.4 Å². The summed E-state index contributed by atoms with van der Waals surface area (Å²) in [6, 6.07) is 6.92. The molecule has 1 aromatic carbocycles. The highest BCUT2D eigenvalue weighted by atomic mass is 16.6. The SMILES string of the molecule is CCC[C@H]1C[C@@H]2C(=O)N(C)C(=O)[C@@H]2[C@@H]2C[C@@H](c3ccccc3O)O[C@]12O. The normalized spacial score (nSPS) is 39.2. The highest BCUT2D eigenvalue weighted by Gasteiger charge is 2.66. The van der Waals surface area contributed by atoms with Gasteiger partial charge in [-0.3, -0.25) is 14.5 Å². The number of nitrogens with zero attached hydrogens (tertiary/aromatic N) is 1. The van der Waals surface area contributed by atoms with Gasteiger partial charge in [-0.15, -0.1) is 0 Å². The first-order valence-electron chi connectivity index (χ1n) is 9.38. The number of para-hydroxylation sites is 1. The van der Waals surface area contributed by atoms with Crippen LogP contribution < -0.4 is 0 Å². The number of rotatable bonds is 3. The largest absolute Gasteiger partial charge is 0.508 e. The van der Waals surface area contributed by atoms with Crippen LogP contribution in [0.2, 0.25) is 0 Å². The third-order valence-electron chi connectivity index (χ3n) is 6.50. The minimum absolute atomic E-state index is 0.120. The Hall–Kier alpha value is -1.92. The van der Waals surface area contributed by atoms with Gasteiger partial charge in [0.05, 0.1) is 17.9 Å². The van der Waals surface area contributed by atoms with Gasteiger partial charge < -0.3 is 14.9 Å². The van der Waals surface area contributed by atoms with Gasteiger partial charge in [-0.1, -0.05) is 31.5 Å². The van der Waals surface area contributed by atoms with E-state index in [2.05, 4.69) is 0 Å². The van der Waals surface area contributed by atoms with Crippen molar-refractivity contribution in [3.63, 3.8) is 0 Å². The van der Waals surface area contributed by atoms with Crippen molar-refractivity contribution < 1.29 is 24.5 Å². The van der Waals surface area contributed by atoms with Crippen LogP contribution in [0.15, 0.2) is 24.3 Å². The number of hydrogen-bond acceptors (Lipinski definition) is 5. The zero-order valence-electron chi connectivity index (χ0n) is 15.1. The van der Waals surface area contributed by atoms with E-state index in [0.717, 1.165) is 12.8 Å². The molecular formula is C20H25NO5. The standard InChI is InChI=1S/C20H25NO5/c1-3-6-11-9-13-17(19(24)21(2)18(13)23)14-10-16(26-20(11,14)25)12-7-4-5-8-15(12)22/h4-5,7-8,11,13-14,16-17,22,25H,3,6,9-10H2,1-2H3/t11-,13-,14-,16-,17-,20+/m0/s1. The number of carbonyl (C=O) groups is 2. The van der Waals surface area contributed by atoms with Crippen molar-refractivity contribution in [2.45, 2.75) is 44.5 Å². The zero-order chi connectivity index (χ0) is 18.6. The first kappa shape index (κ1) is 17.5. The van der Waals surface area contributed by atoms with E-state index in [1.807, 2.05) is 13.0 Å². The number of phenols is 1. The fourth-order valence-corrected chi connectivity index (χ4v) is 5.27. The van der Waals surface area contributed by atoms with Crippen LogP contribution in [-0.4, -0.2) is 39.8 Å². The second-order valence-corrected chi connectivity index (χ2v) is 7.85. The molecule has 140 valence electrons. The fourth-order valence-electron chi connectivity index (χ4n) is 5.27. The lowest BCUT2D eigenvalue weighted by Gasteiger charge is -2.44. The maximum Gasteiger partial charge on any atom is 0.233 e. The van der Waals surface area contributed by atoms with Crippen molar-refractivity contribution in [2.75, 3.05) is 7.05 Å². The van der Waals surface area contributed by atoms with Gasteiger partial charge in [0.25, 0.3) is 0 Å². The molecule has 0 unspecified atom stereocenters. The lowest BCUT2D eigenvalue weighted by molar-refractivity contribution is -0.270. The van der Waals surface area contributed by atoms with Gasteiger partial charge >= 0.3 is 0 Å². The first-order chi connectivity index (χ1) is 12.4. The van der Waals surface area contributed by atoms with Crippen LogP contribution in [0.25, 0.3) is 0 Å². The highest BCUT2D eigenvalue weighted by Crippen LogP contribution is 2.59. The van der Waals surface area contributed by atoms with Crippen LogP contribution in [0, 0.1) is 23.7 Å². The van der Waals surface area contributed by atoms with Gasteiger partial charge in [0.2, 0.25) is 11.8 Å². The Balaban J connectivity index is 1.74. The number of carbonyl (C=O) groups excluding carboxylic acids is 2. The molecule has 2 aliphatic heterocycles. The lowest BCUT2D eigenvalue weighted by atomic mass is 9.63. The molecule has 6 atom stereocenters. The molecule has 2 N–H and O–H groups in total. The molecule has 0 aromatic heterocycles. The van der Waals surface area contributed by atoms with E-state index in [4.69, 9.17) is 4.74 Å². The van der Waals surface area contributed by atoms with Gasteiger partial charge in [0.15, 0.2) is 5.79 Å². The fraction of sp³-hybridized carbons (Fsp3) is 0.600. The van der Waals surface area contributed by atoms with Gasteiger partial charge in [-0.25, -0.2) is 0 Å². The van der Waals surface area contributed by atoms with Gasteiger partial charge in [0.1, 0.15) is 5.75 Å². The van der Waals surface area contributed by atoms with Crippen LogP contribution in [0.5, 0.6) is 5.75 Å². The third kappa shape index (κ3) is 2.32. The quantitative estimate of drug-likeness (QED) is 0.808. The highest BCUT2D eigenvalue weighted by molar-refractivity contribution is 6.05. The van der Waals surface area contributed by atoms with Crippen LogP contribution in [-0.2, 0) is 14.3 Å². The molecular weight excluding hydrogens is 334 g/mol. The summed E-state index contributed by atoms with van der Waals surface area (Å²) in [6.07, 6.45) is 1.99. The van der Waals surface area contributed by atoms with Crippen LogP contribution in [0.1, 0.15) is 44.3 Å². The number of benzene rings is 1. The molecule has 2 amide bonds. The number of fused-ring (bicyclic) bond motifs is 3. The van der Waals surface area contributed by atoms with E-state index in [1.54, 1.807) is 18.2 Å². The molecule has 26 heavy (non-hydrogen) atoms. The second kappa shape index (κ2) is 6.06. The Bertz CT molecular complexity index is 749. The Morgan fingerprint density at radius 3 is 2.65 bits per heavy atom. The van der Waals surface area contributed by atoms with Crippen molar-refractivity contribution in [3.05, 3.63) is 29.8 Å². The number of phenolic OH excluding ortho intramolecular Hbond substituents is 1. The van der Waals surface area contributed by atoms with Crippen molar-refractivity contribution >= 4 is 11.8 Å². The average Bonchev–Trinajstić information content (AvgIpc) is 3.07. The summed E-state index contributed by atoms with van der Waals surface area (Å²) in [4.78, 5) is 26.4. The first-order valence-corrected chi connectivity index (χ1v) is 9.38. The number of ether oxygens (including phenoxy) is 1. The van der Waals surface area contributed by atoms with E-state index >= 15 is 0 Å². The maximum absolute atomic E-state index is 12.7. The molecule has 1 saturated carbocycles.